The number of rotatable bonds is 5. The van der Waals surface area contributed by atoms with Gasteiger partial charge in [-0.25, -0.2) is 0 Å². The second-order valence-corrected chi connectivity index (χ2v) is 4.87. The molecule has 1 aromatic rings. The Morgan fingerprint density at radius 1 is 1.57 bits per heavy atom. The lowest BCUT2D eigenvalue weighted by atomic mass is 10.1. The summed E-state index contributed by atoms with van der Waals surface area (Å²) in [6, 6.07) is 0.468. The van der Waals surface area contributed by atoms with Crippen LogP contribution in [0.1, 0.15) is 42.3 Å². The summed E-state index contributed by atoms with van der Waals surface area (Å²) in [7, 11) is 2.02. The van der Waals surface area contributed by atoms with Crippen LogP contribution in [0.4, 0.5) is 0 Å². The number of aryl methyl sites for hydroxylation is 1. The third-order valence-corrected chi connectivity index (χ3v) is 3.85. The van der Waals surface area contributed by atoms with Crippen LogP contribution in [0.15, 0.2) is 0 Å². The first-order valence-corrected chi connectivity index (χ1v) is 6.04. The summed E-state index contributed by atoms with van der Waals surface area (Å²) in [6.07, 6.45) is 5.46. The van der Waals surface area contributed by atoms with Crippen molar-refractivity contribution in [2.45, 2.75) is 38.6 Å². The largest absolute Gasteiger partial charge is 0.312 e. The summed E-state index contributed by atoms with van der Waals surface area (Å²) in [5.41, 5.74) is 1.09. The van der Waals surface area contributed by atoms with Gasteiger partial charge in [0, 0.05) is 6.04 Å². The van der Waals surface area contributed by atoms with Gasteiger partial charge in [0.2, 0.25) is 0 Å². The van der Waals surface area contributed by atoms with E-state index >= 15 is 0 Å². The Kier molecular flexibility index (Phi) is 3.13. The summed E-state index contributed by atoms with van der Waals surface area (Å²) in [4.78, 5) is 1.31. The molecule has 1 fully saturated rings. The van der Waals surface area contributed by atoms with Crippen LogP contribution in [0.2, 0.25) is 0 Å². The molecule has 0 radical (unpaired) electrons. The van der Waals surface area contributed by atoms with Crippen molar-refractivity contribution >= 4 is 11.5 Å². The number of aromatic nitrogens is 2. The molecule has 1 N–H and O–H groups in total. The van der Waals surface area contributed by atoms with Crippen LogP contribution in [-0.4, -0.2) is 16.6 Å². The average molecular weight is 211 g/mol. The number of nitrogens with zero attached hydrogens (tertiary/aromatic N) is 2. The smallest absolute Gasteiger partial charge is 0.0772 e. The zero-order valence-electron chi connectivity index (χ0n) is 8.79. The van der Waals surface area contributed by atoms with E-state index in [4.69, 9.17) is 0 Å². The summed E-state index contributed by atoms with van der Waals surface area (Å²) >= 11 is 1.53. The maximum atomic E-state index is 4.06. The molecule has 1 aromatic heterocycles. The minimum atomic E-state index is 0.468. The Bertz CT molecular complexity index is 293. The molecular formula is C10H17N3S. The van der Waals surface area contributed by atoms with Gasteiger partial charge in [0.25, 0.3) is 0 Å². The maximum Gasteiger partial charge on any atom is 0.0772 e. The van der Waals surface area contributed by atoms with Crippen molar-refractivity contribution in [1.29, 1.82) is 0 Å². The van der Waals surface area contributed by atoms with Crippen molar-refractivity contribution in [2.24, 2.45) is 5.92 Å². The van der Waals surface area contributed by atoms with Gasteiger partial charge in [0.15, 0.2) is 0 Å². The highest BCUT2D eigenvalue weighted by atomic mass is 32.1. The Morgan fingerprint density at radius 2 is 2.36 bits per heavy atom. The summed E-state index contributed by atoms with van der Waals surface area (Å²) in [5.74, 6) is 1.01. The zero-order valence-corrected chi connectivity index (χ0v) is 9.60. The SMILES string of the molecule is CNC(CCC1CC1)c1snnc1C. The predicted octanol–water partition coefficient (Wildman–Crippen LogP) is 2.30. The van der Waals surface area contributed by atoms with Gasteiger partial charge in [-0.1, -0.05) is 17.3 Å². The first-order chi connectivity index (χ1) is 6.81. The lowest BCUT2D eigenvalue weighted by molar-refractivity contribution is 0.510. The molecule has 1 atom stereocenters. The van der Waals surface area contributed by atoms with Gasteiger partial charge in [-0.15, -0.1) is 5.10 Å². The molecule has 2 rings (SSSR count). The quantitative estimate of drug-likeness (QED) is 0.812. The van der Waals surface area contributed by atoms with E-state index in [0.717, 1.165) is 11.6 Å². The molecule has 1 aliphatic rings. The van der Waals surface area contributed by atoms with E-state index in [1.807, 2.05) is 14.0 Å². The van der Waals surface area contributed by atoms with E-state index in [-0.39, 0.29) is 0 Å². The third-order valence-electron chi connectivity index (χ3n) is 2.91. The molecule has 1 aliphatic carbocycles. The van der Waals surface area contributed by atoms with Crippen LogP contribution in [0, 0.1) is 12.8 Å². The molecule has 0 aliphatic heterocycles. The number of hydrogen-bond acceptors (Lipinski definition) is 4. The fourth-order valence-electron chi connectivity index (χ4n) is 1.77. The average Bonchev–Trinajstić information content (AvgIpc) is 2.92. The van der Waals surface area contributed by atoms with Gasteiger partial charge in [-0.05, 0) is 44.3 Å². The van der Waals surface area contributed by atoms with E-state index in [1.54, 1.807) is 0 Å². The van der Waals surface area contributed by atoms with Gasteiger partial charge in [-0.3, -0.25) is 0 Å². The van der Waals surface area contributed by atoms with Gasteiger partial charge in [0.1, 0.15) is 0 Å². The lowest BCUT2D eigenvalue weighted by Gasteiger charge is -2.13. The highest BCUT2D eigenvalue weighted by molar-refractivity contribution is 7.05. The number of hydrogen-bond donors (Lipinski definition) is 1. The Balaban J connectivity index is 1.93. The molecule has 78 valence electrons. The molecule has 0 aromatic carbocycles. The second-order valence-electron chi connectivity index (χ2n) is 4.08. The molecule has 1 unspecified atom stereocenters. The fraction of sp³-hybridized carbons (Fsp3) is 0.800. The van der Waals surface area contributed by atoms with Crippen LogP contribution in [0.5, 0.6) is 0 Å². The van der Waals surface area contributed by atoms with Crippen LogP contribution >= 0.6 is 11.5 Å². The summed E-state index contributed by atoms with van der Waals surface area (Å²) in [6.45, 7) is 2.04. The van der Waals surface area contributed by atoms with Crippen molar-refractivity contribution in [1.82, 2.24) is 14.9 Å². The first-order valence-electron chi connectivity index (χ1n) is 5.27. The van der Waals surface area contributed by atoms with E-state index in [1.165, 1.54) is 42.1 Å². The molecule has 14 heavy (non-hydrogen) atoms. The molecule has 1 heterocycles. The molecule has 0 amide bonds. The predicted molar refractivity (Wildman–Crippen MR) is 58.4 cm³/mol. The van der Waals surface area contributed by atoms with Gasteiger partial charge < -0.3 is 5.32 Å². The van der Waals surface area contributed by atoms with Gasteiger partial charge in [0.05, 0.1) is 10.6 Å². The fourth-order valence-corrected chi connectivity index (χ4v) is 2.56. The third kappa shape index (κ3) is 2.30. The molecule has 1 saturated carbocycles. The van der Waals surface area contributed by atoms with Crippen LogP contribution in [0.25, 0.3) is 0 Å². The normalized spacial score (nSPS) is 18.4. The molecule has 0 spiro atoms. The van der Waals surface area contributed by atoms with E-state index in [2.05, 4.69) is 14.9 Å². The minimum absolute atomic E-state index is 0.468. The lowest BCUT2D eigenvalue weighted by Crippen LogP contribution is -2.16. The van der Waals surface area contributed by atoms with E-state index in [9.17, 15) is 0 Å². The van der Waals surface area contributed by atoms with Crippen molar-refractivity contribution in [2.75, 3.05) is 7.05 Å². The van der Waals surface area contributed by atoms with Crippen molar-refractivity contribution in [3.05, 3.63) is 10.6 Å². The van der Waals surface area contributed by atoms with Crippen molar-refractivity contribution in [3.63, 3.8) is 0 Å². The Morgan fingerprint density at radius 3 is 2.86 bits per heavy atom. The molecule has 0 bridgehead atoms. The highest BCUT2D eigenvalue weighted by Gasteiger charge is 2.23. The minimum Gasteiger partial charge on any atom is -0.312 e. The van der Waals surface area contributed by atoms with Gasteiger partial charge in [-0.2, -0.15) is 0 Å². The maximum absolute atomic E-state index is 4.06. The van der Waals surface area contributed by atoms with E-state index < -0.39 is 0 Å². The Hall–Kier alpha value is -0.480. The molecular weight excluding hydrogens is 194 g/mol. The van der Waals surface area contributed by atoms with E-state index in [0.29, 0.717) is 6.04 Å². The summed E-state index contributed by atoms with van der Waals surface area (Å²) < 4.78 is 3.98. The molecule has 0 saturated heterocycles. The van der Waals surface area contributed by atoms with Crippen LogP contribution in [0.3, 0.4) is 0 Å². The standard InChI is InChI=1S/C10H17N3S/c1-7-10(14-13-12-7)9(11-2)6-5-8-3-4-8/h8-9,11H,3-6H2,1-2H3. The topological polar surface area (TPSA) is 37.8 Å². The van der Waals surface area contributed by atoms with Crippen molar-refractivity contribution < 1.29 is 0 Å². The van der Waals surface area contributed by atoms with Crippen LogP contribution in [-0.2, 0) is 0 Å². The first kappa shape index (κ1) is 10.1. The number of nitrogens with one attached hydrogen (secondary N) is 1. The highest BCUT2D eigenvalue weighted by Crippen LogP contribution is 2.36. The monoisotopic (exact) mass is 211 g/mol. The Labute approximate surface area is 89.1 Å². The molecule has 3 nitrogen and oxygen atoms in total. The summed E-state index contributed by atoms with van der Waals surface area (Å²) in [5, 5.41) is 7.42. The second kappa shape index (κ2) is 4.36. The zero-order chi connectivity index (χ0) is 9.97. The van der Waals surface area contributed by atoms with Crippen molar-refractivity contribution in [3.8, 4) is 0 Å². The molecule has 4 heteroatoms. The van der Waals surface area contributed by atoms with Crippen LogP contribution < -0.4 is 5.32 Å². The van der Waals surface area contributed by atoms with Gasteiger partial charge >= 0.3 is 0 Å².